The predicted molar refractivity (Wildman–Crippen MR) is 123 cm³/mol. The van der Waals surface area contributed by atoms with E-state index in [2.05, 4.69) is 111 Å². The number of benzene rings is 4. The minimum Gasteiger partial charge on any atom is -0.0901 e. The zero-order chi connectivity index (χ0) is 19.6. The fraction of sp³-hybridized carbons (Fsp3) is 0.0769. The van der Waals surface area contributed by atoms with E-state index in [1.54, 1.807) is 23.5 Å². The first-order valence-corrected chi connectivity index (χ1v) is 10.9. The quantitative estimate of drug-likeness (QED) is 0.338. The van der Waals surface area contributed by atoms with Gasteiger partial charge in [0.15, 0.2) is 0 Å². The van der Waals surface area contributed by atoms with Crippen LogP contribution in [0.5, 0.6) is 0 Å². The van der Waals surface area contributed by atoms with E-state index < -0.39 is 0 Å². The smallest absolute Gasteiger partial charge is 0.0122 e. The van der Waals surface area contributed by atoms with Crippen molar-refractivity contribution in [3.63, 3.8) is 0 Å². The lowest BCUT2D eigenvalue weighted by Crippen LogP contribution is -1.76. The molecule has 0 spiro atoms. The van der Waals surface area contributed by atoms with Crippen LogP contribution in [0.3, 0.4) is 0 Å². The van der Waals surface area contributed by atoms with E-state index in [1.165, 1.54) is 30.7 Å². The van der Waals surface area contributed by atoms with Crippen LogP contribution in [0.2, 0.25) is 0 Å². The van der Waals surface area contributed by atoms with E-state index in [1.807, 2.05) is 12.1 Å². The van der Waals surface area contributed by atoms with E-state index in [9.17, 15) is 0 Å². The summed E-state index contributed by atoms with van der Waals surface area (Å²) in [6.07, 6.45) is 0. The summed E-state index contributed by atoms with van der Waals surface area (Å²) in [5.74, 6) is 0. The topological polar surface area (TPSA) is 0 Å². The Balaban J connectivity index is 0.000000162. The molecule has 0 aliphatic carbocycles. The summed E-state index contributed by atoms with van der Waals surface area (Å²) in [5, 5.41) is 0. The predicted octanol–water partition coefficient (Wildman–Crippen LogP) is 8.29. The molecule has 4 rings (SSSR count). The van der Waals surface area contributed by atoms with E-state index in [0.29, 0.717) is 0 Å². The Labute approximate surface area is 177 Å². The minimum absolute atomic E-state index is 1.29. The SMILES string of the molecule is Cc1ccc(Sc2ccc(C)cc2)cc1.c1ccc(Sc2ccccc2)cc1. The third-order valence-electron chi connectivity index (χ3n) is 4.00. The molecule has 0 heterocycles. The molecule has 140 valence electrons. The van der Waals surface area contributed by atoms with E-state index in [4.69, 9.17) is 0 Å². The molecular weight excluding hydrogens is 376 g/mol. The highest BCUT2D eigenvalue weighted by Crippen LogP contribution is 2.28. The Morgan fingerprint density at radius 3 is 0.964 bits per heavy atom. The highest BCUT2D eigenvalue weighted by Gasteiger charge is 1.96. The highest BCUT2D eigenvalue weighted by atomic mass is 32.2. The number of aryl methyl sites for hydroxylation is 2. The molecule has 0 aliphatic rings. The Hall–Kier alpha value is -2.42. The van der Waals surface area contributed by atoms with Gasteiger partial charge in [-0.15, -0.1) is 0 Å². The van der Waals surface area contributed by atoms with Gasteiger partial charge < -0.3 is 0 Å². The molecule has 0 atom stereocenters. The van der Waals surface area contributed by atoms with Gasteiger partial charge in [0.05, 0.1) is 0 Å². The third-order valence-corrected chi connectivity index (χ3v) is 6.03. The van der Waals surface area contributed by atoms with Gasteiger partial charge in [0.2, 0.25) is 0 Å². The van der Waals surface area contributed by atoms with Crippen molar-refractivity contribution in [2.45, 2.75) is 33.4 Å². The van der Waals surface area contributed by atoms with Gasteiger partial charge in [-0.25, -0.2) is 0 Å². The van der Waals surface area contributed by atoms with Crippen LogP contribution in [0.25, 0.3) is 0 Å². The maximum Gasteiger partial charge on any atom is 0.0122 e. The molecule has 0 unspecified atom stereocenters. The molecule has 28 heavy (non-hydrogen) atoms. The molecule has 0 aromatic heterocycles. The lowest BCUT2D eigenvalue weighted by Gasteiger charge is -2.02. The van der Waals surface area contributed by atoms with Crippen molar-refractivity contribution in [2.75, 3.05) is 0 Å². The molecule has 2 heteroatoms. The molecule has 0 bridgehead atoms. The second kappa shape index (κ2) is 10.8. The molecule has 0 amide bonds. The Morgan fingerprint density at radius 1 is 0.357 bits per heavy atom. The summed E-state index contributed by atoms with van der Waals surface area (Å²) in [4.78, 5) is 5.16. The van der Waals surface area contributed by atoms with Crippen molar-refractivity contribution < 1.29 is 0 Å². The molecule has 4 aromatic carbocycles. The maximum atomic E-state index is 2.17. The molecule has 4 aromatic rings. The molecule has 0 N–H and O–H groups in total. The van der Waals surface area contributed by atoms with Crippen molar-refractivity contribution >= 4 is 23.5 Å². The molecule has 0 saturated carbocycles. The van der Waals surface area contributed by atoms with Gasteiger partial charge >= 0.3 is 0 Å². The zero-order valence-corrected chi connectivity index (χ0v) is 17.8. The number of hydrogen-bond donors (Lipinski definition) is 0. The van der Waals surface area contributed by atoms with Crippen LogP contribution >= 0.6 is 23.5 Å². The molecule has 0 nitrogen and oxygen atoms in total. The number of rotatable bonds is 4. The second-order valence-electron chi connectivity index (χ2n) is 6.46. The van der Waals surface area contributed by atoms with Crippen LogP contribution in [0, 0.1) is 13.8 Å². The van der Waals surface area contributed by atoms with Gasteiger partial charge in [-0.3, -0.25) is 0 Å². The molecule has 0 aliphatic heterocycles. The Morgan fingerprint density at radius 2 is 0.643 bits per heavy atom. The van der Waals surface area contributed by atoms with Crippen LogP contribution in [0.1, 0.15) is 11.1 Å². The molecular formula is C26H24S2. The Bertz CT molecular complexity index is 864. The van der Waals surface area contributed by atoms with Crippen LogP contribution in [0.4, 0.5) is 0 Å². The van der Waals surface area contributed by atoms with Gasteiger partial charge in [0, 0.05) is 19.6 Å². The van der Waals surface area contributed by atoms with E-state index in [0.717, 1.165) is 0 Å². The minimum atomic E-state index is 1.29. The van der Waals surface area contributed by atoms with Crippen LogP contribution < -0.4 is 0 Å². The largest absolute Gasteiger partial charge is 0.0901 e. The summed E-state index contributed by atoms with van der Waals surface area (Å²) in [5.41, 5.74) is 2.62. The van der Waals surface area contributed by atoms with Crippen molar-refractivity contribution in [1.82, 2.24) is 0 Å². The third kappa shape index (κ3) is 6.95. The molecule has 0 fully saturated rings. The first kappa shape index (κ1) is 20.3. The average Bonchev–Trinajstić information content (AvgIpc) is 2.73. The lowest BCUT2D eigenvalue weighted by molar-refractivity contribution is 1.34. The fourth-order valence-corrected chi connectivity index (χ4v) is 4.14. The van der Waals surface area contributed by atoms with E-state index >= 15 is 0 Å². The van der Waals surface area contributed by atoms with Crippen molar-refractivity contribution in [3.8, 4) is 0 Å². The van der Waals surface area contributed by atoms with Crippen molar-refractivity contribution in [1.29, 1.82) is 0 Å². The van der Waals surface area contributed by atoms with Crippen molar-refractivity contribution in [2.24, 2.45) is 0 Å². The van der Waals surface area contributed by atoms with Crippen LogP contribution in [-0.2, 0) is 0 Å². The van der Waals surface area contributed by atoms with Gasteiger partial charge in [0.1, 0.15) is 0 Å². The average molecular weight is 401 g/mol. The van der Waals surface area contributed by atoms with Gasteiger partial charge in [-0.1, -0.05) is 95.3 Å². The standard InChI is InChI=1S/C14H14S.C12H10S/c1-11-3-7-13(8-4-11)15-14-9-5-12(2)6-10-14;1-3-7-11(8-4-1)13-12-9-5-2-6-10-12/h3-10H,1-2H3;1-10H. The van der Waals surface area contributed by atoms with Gasteiger partial charge in [-0.2, -0.15) is 0 Å². The summed E-state index contributed by atoms with van der Waals surface area (Å²) in [6.45, 7) is 4.22. The first-order valence-electron chi connectivity index (χ1n) is 9.28. The van der Waals surface area contributed by atoms with E-state index in [-0.39, 0.29) is 0 Å². The fourth-order valence-electron chi connectivity index (χ4n) is 2.46. The maximum absolute atomic E-state index is 2.17. The normalized spacial score (nSPS) is 10.1. The molecule has 0 radical (unpaired) electrons. The summed E-state index contributed by atoms with van der Waals surface area (Å²) < 4.78 is 0. The first-order chi connectivity index (χ1) is 13.7. The highest BCUT2D eigenvalue weighted by molar-refractivity contribution is 7.99. The monoisotopic (exact) mass is 400 g/mol. The summed E-state index contributed by atoms with van der Waals surface area (Å²) in [7, 11) is 0. The van der Waals surface area contributed by atoms with Gasteiger partial charge in [-0.05, 0) is 62.4 Å². The zero-order valence-electron chi connectivity index (χ0n) is 16.2. The summed E-state index contributed by atoms with van der Waals surface area (Å²) in [6, 6.07) is 38.1. The van der Waals surface area contributed by atoms with Gasteiger partial charge in [0.25, 0.3) is 0 Å². The Kier molecular flexibility index (Phi) is 7.83. The second-order valence-corrected chi connectivity index (χ2v) is 8.75. The van der Waals surface area contributed by atoms with Crippen molar-refractivity contribution in [3.05, 3.63) is 120 Å². The van der Waals surface area contributed by atoms with Crippen LogP contribution in [-0.4, -0.2) is 0 Å². The number of hydrogen-bond acceptors (Lipinski definition) is 2. The van der Waals surface area contributed by atoms with Crippen LogP contribution in [0.15, 0.2) is 129 Å². The summed E-state index contributed by atoms with van der Waals surface area (Å²) >= 11 is 3.59. The molecule has 0 saturated heterocycles. The lowest BCUT2D eigenvalue weighted by atomic mass is 10.2.